The van der Waals surface area contributed by atoms with Gasteiger partial charge in [0.1, 0.15) is 23.9 Å². The summed E-state index contributed by atoms with van der Waals surface area (Å²) in [5, 5.41) is 0. The average molecular weight is 612 g/mol. The summed E-state index contributed by atoms with van der Waals surface area (Å²) in [7, 11) is 1.70. The summed E-state index contributed by atoms with van der Waals surface area (Å²) in [6.07, 6.45) is 13.4. The second kappa shape index (κ2) is 19.1. The Morgan fingerprint density at radius 1 is 0.756 bits per heavy atom. The second-order valence-electron chi connectivity index (χ2n) is 12.3. The first-order chi connectivity index (χ1) is 22.1. The summed E-state index contributed by atoms with van der Waals surface area (Å²) in [5.41, 5.74) is 5.81. The Balaban J connectivity index is 1.43. The van der Waals surface area contributed by atoms with Crippen molar-refractivity contribution in [3.8, 4) is 17.2 Å². The van der Waals surface area contributed by atoms with Gasteiger partial charge in [0, 0.05) is 13.0 Å². The molecule has 0 spiro atoms. The van der Waals surface area contributed by atoms with Crippen LogP contribution >= 0.6 is 0 Å². The van der Waals surface area contributed by atoms with E-state index in [2.05, 4.69) is 67.3 Å². The quantitative estimate of drug-likeness (QED) is 0.0814. The summed E-state index contributed by atoms with van der Waals surface area (Å²) in [4.78, 5) is 15.0. The molecule has 0 aromatic heterocycles. The van der Waals surface area contributed by atoms with E-state index in [1.54, 1.807) is 7.11 Å². The lowest BCUT2D eigenvalue weighted by molar-refractivity contribution is -0.134. The van der Waals surface area contributed by atoms with Crippen molar-refractivity contribution in [1.29, 1.82) is 0 Å². The third-order valence-electron chi connectivity index (χ3n) is 8.66. The molecule has 1 aliphatic heterocycles. The number of carbonyl (C=O) groups is 1. The minimum absolute atomic E-state index is 0.155. The highest BCUT2D eigenvalue weighted by atomic mass is 16.5. The zero-order valence-electron chi connectivity index (χ0n) is 27.8. The number of hydrogen-bond donors (Lipinski definition) is 0. The number of piperidine rings is 1. The number of benzene rings is 3. The van der Waals surface area contributed by atoms with Crippen molar-refractivity contribution in [2.75, 3.05) is 33.4 Å². The average Bonchev–Trinajstić information content (AvgIpc) is 3.06. The number of nitrogens with zero attached hydrogens (tertiary/aromatic N) is 1. The first-order valence-electron chi connectivity index (χ1n) is 17.1. The predicted molar refractivity (Wildman–Crippen MR) is 185 cm³/mol. The van der Waals surface area contributed by atoms with Gasteiger partial charge in [0.15, 0.2) is 0 Å². The monoisotopic (exact) mass is 611 g/mol. The number of allylic oxidation sites excluding steroid dienone is 1. The summed E-state index contributed by atoms with van der Waals surface area (Å²) < 4.78 is 17.3. The molecule has 0 N–H and O–H groups in total. The lowest BCUT2D eigenvalue weighted by Crippen LogP contribution is -2.33. The number of hydrogen-bond acceptors (Lipinski definition) is 5. The van der Waals surface area contributed by atoms with Gasteiger partial charge in [-0.05, 0) is 104 Å². The molecule has 4 rings (SSSR count). The zero-order chi connectivity index (χ0) is 31.7. The van der Waals surface area contributed by atoms with Gasteiger partial charge in [0.05, 0.1) is 7.11 Å². The van der Waals surface area contributed by atoms with Gasteiger partial charge in [-0.15, -0.1) is 0 Å². The second-order valence-corrected chi connectivity index (χ2v) is 12.3. The van der Waals surface area contributed by atoms with Crippen LogP contribution in [-0.4, -0.2) is 44.2 Å². The molecule has 0 bridgehead atoms. The highest BCUT2D eigenvalue weighted by molar-refractivity contribution is 5.83. The Morgan fingerprint density at radius 2 is 1.40 bits per heavy atom. The molecule has 242 valence electrons. The molecule has 1 fully saturated rings. The largest absolute Gasteiger partial charge is 0.497 e. The van der Waals surface area contributed by atoms with E-state index in [4.69, 9.17) is 14.2 Å². The van der Waals surface area contributed by atoms with Gasteiger partial charge in [0.25, 0.3) is 0 Å². The van der Waals surface area contributed by atoms with Crippen LogP contribution in [0.25, 0.3) is 5.57 Å². The fourth-order valence-corrected chi connectivity index (χ4v) is 6.13. The SMILES string of the molecule is CCCCCCCCCC(=O)Oc1ccc(/C(=C(/C)Cc2cccc(OC)c2)c2ccc(OCCN3CCCCC3)cc2)cc1. The van der Waals surface area contributed by atoms with Gasteiger partial charge >= 0.3 is 5.97 Å². The van der Waals surface area contributed by atoms with Crippen LogP contribution in [0.15, 0.2) is 78.4 Å². The van der Waals surface area contributed by atoms with E-state index < -0.39 is 0 Å². The van der Waals surface area contributed by atoms with Gasteiger partial charge in [-0.1, -0.05) is 93.8 Å². The van der Waals surface area contributed by atoms with E-state index in [0.29, 0.717) is 18.8 Å². The maximum atomic E-state index is 12.5. The Hall–Kier alpha value is -3.57. The molecule has 0 radical (unpaired) electrons. The van der Waals surface area contributed by atoms with Crippen LogP contribution in [0.4, 0.5) is 0 Å². The van der Waals surface area contributed by atoms with Gasteiger partial charge in [-0.3, -0.25) is 9.69 Å². The molecule has 45 heavy (non-hydrogen) atoms. The smallest absolute Gasteiger partial charge is 0.311 e. The Labute approximate surface area is 271 Å². The van der Waals surface area contributed by atoms with Crippen molar-refractivity contribution >= 4 is 11.5 Å². The Morgan fingerprint density at radius 3 is 2.07 bits per heavy atom. The molecule has 1 saturated heterocycles. The Kier molecular flexibility index (Phi) is 14.5. The molecule has 3 aromatic carbocycles. The van der Waals surface area contributed by atoms with E-state index >= 15 is 0 Å². The topological polar surface area (TPSA) is 48.0 Å². The molecular formula is C40H53NO4. The molecule has 0 unspecified atom stereocenters. The van der Waals surface area contributed by atoms with E-state index in [1.165, 1.54) is 81.2 Å². The van der Waals surface area contributed by atoms with Crippen molar-refractivity contribution in [1.82, 2.24) is 4.90 Å². The normalized spacial score (nSPS) is 14.1. The fourth-order valence-electron chi connectivity index (χ4n) is 6.13. The lowest BCUT2D eigenvalue weighted by atomic mass is 9.90. The number of rotatable bonds is 18. The molecule has 0 saturated carbocycles. The molecule has 3 aromatic rings. The standard InChI is InChI=1S/C40H53NO4/c1-4-5-6-7-8-9-11-17-39(42)45-37-24-20-35(21-25-37)40(32(2)30-33-15-14-16-38(31-33)43-3)34-18-22-36(23-19-34)44-29-28-41-26-12-10-13-27-41/h14-16,18-25,31H,4-13,17,26-30H2,1-3H3/b40-32-. The van der Waals surface area contributed by atoms with Gasteiger partial charge in [0.2, 0.25) is 0 Å². The number of carbonyl (C=O) groups excluding carboxylic acids is 1. The first kappa shape index (κ1) is 34.3. The molecule has 1 aliphatic rings. The van der Waals surface area contributed by atoms with Crippen LogP contribution < -0.4 is 14.2 Å². The third-order valence-corrected chi connectivity index (χ3v) is 8.66. The lowest BCUT2D eigenvalue weighted by Gasteiger charge is -2.26. The molecule has 0 aliphatic carbocycles. The number of unbranched alkanes of at least 4 members (excludes halogenated alkanes) is 6. The predicted octanol–water partition coefficient (Wildman–Crippen LogP) is 9.67. The van der Waals surface area contributed by atoms with Crippen molar-refractivity contribution in [2.24, 2.45) is 0 Å². The molecule has 5 heteroatoms. The number of likely N-dealkylation sites (tertiary alicyclic amines) is 1. The molecule has 0 atom stereocenters. The van der Waals surface area contributed by atoms with E-state index in [1.807, 2.05) is 24.3 Å². The maximum absolute atomic E-state index is 12.5. The number of esters is 1. The molecule has 0 amide bonds. The number of methoxy groups -OCH3 is 1. The summed E-state index contributed by atoms with van der Waals surface area (Å²) in [6.45, 7) is 8.46. The van der Waals surface area contributed by atoms with Gasteiger partial charge in [-0.2, -0.15) is 0 Å². The minimum atomic E-state index is -0.155. The van der Waals surface area contributed by atoms with Crippen LogP contribution in [0.2, 0.25) is 0 Å². The van der Waals surface area contributed by atoms with E-state index in [-0.39, 0.29) is 5.97 Å². The van der Waals surface area contributed by atoms with Crippen LogP contribution in [0.5, 0.6) is 17.2 Å². The summed E-state index contributed by atoms with van der Waals surface area (Å²) in [5.74, 6) is 2.19. The van der Waals surface area contributed by atoms with E-state index in [0.717, 1.165) is 48.4 Å². The van der Waals surface area contributed by atoms with Crippen molar-refractivity contribution in [3.63, 3.8) is 0 Å². The molecule has 1 heterocycles. The number of ether oxygens (including phenoxy) is 3. The van der Waals surface area contributed by atoms with Crippen LogP contribution in [-0.2, 0) is 11.2 Å². The van der Waals surface area contributed by atoms with Crippen LogP contribution in [0, 0.1) is 0 Å². The van der Waals surface area contributed by atoms with Crippen molar-refractivity contribution < 1.29 is 19.0 Å². The van der Waals surface area contributed by atoms with Crippen molar-refractivity contribution in [2.45, 2.75) is 90.9 Å². The zero-order valence-corrected chi connectivity index (χ0v) is 27.8. The van der Waals surface area contributed by atoms with E-state index in [9.17, 15) is 4.79 Å². The van der Waals surface area contributed by atoms with Crippen LogP contribution in [0.1, 0.15) is 101 Å². The Bertz CT molecular complexity index is 1320. The van der Waals surface area contributed by atoms with Crippen molar-refractivity contribution in [3.05, 3.63) is 95.1 Å². The summed E-state index contributed by atoms with van der Waals surface area (Å²) in [6, 6.07) is 24.6. The van der Waals surface area contributed by atoms with Gasteiger partial charge < -0.3 is 14.2 Å². The first-order valence-corrected chi connectivity index (χ1v) is 17.1. The maximum Gasteiger partial charge on any atom is 0.311 e. The highest BCUT2D eigenvalue weighted by Crippen LogP contribution is 2.32. The summed E-state index contributed by atoms with van der Waals surface area (Å²) >= 11 is 0. The fraction of sp³-hybridized carbons (Fsp3) is 0.475. The highest BCUT2D eigenvalue weighted by Gasteiger charge is 2.13. The molecular weight excluding hydrogens is 558 g/mol. The minimum Gasteiger partial charge on any atom is -0.497 e. The van der Waals surface area contributed by atoms with Gasteiger partial charge in [-0.25, -0.2) is 0 Å². The molecule has 5 nitrogen and oxygen atoms in total. The third kappa shape index (κ3) is 11.7. The van der Waals surface area contributed by atoms with Crippen LogP contribution in [0.3, 0.4) is 0 Å².